The van der Waals surface area contributed by atoms with E-state index in [4.69, 9.17) is 0 Å². The van der Waals surface area contributed by atoms with Gasteiger partial charge in [0.2, 0.25) is 5.91 Å². The van der Waals surface area contributed by atoms with Crippen LogP contribution in [0.3, 0.4) is 0 Å². The van der Waals surface area contributed by atoms with Crippen molar-refractivity contribution < 1.29 is 4.79 Å². The maximum absolute atomic E-state index is 11.6. The number of hydrogen-bond donors (Lipinski definition) is 2. The first-order valence-corrected chi connectivity index (χ1v) is 6.84. The molecule has 0 bridgehead atoms. The van der Waals surface area contributed by atoms with E-state index in [1.54, 1.807) is 0 Å². The minimum absolute atomic E-state index is 0.256. The summed E-state index contributed by atoms with van der Waals surface area (Å²) in [4.78, 5) is 11.6. The summed E-state index contributed by atoms with van der Waals surface area (Å²) in [7, 11) is 0. The van der Waals surface area contributed by atoms with Crippen LogP contribution in [0, 0.1) is 5.92 Å². The lowest BCUT2D eigenvalue weighted by molar-refractivity contribution is -0.121. The van der Waals surface area contributed by atoms with E-state index in [1.807, 2.05) is 0 Å². The van der Waals surface area contributed by atoms with Crippen molar-refractivity contribution in [3.63, 3.8) is 0 Å². The van der Waals surface area contributed by atoms with Gasteiger partial charge < -0.3 is 10.6 Å². The maximum atomic E-state index is 11.6. The molecule has 0 spiro atoms. The largest absolute Gasteiger partial charge is 0.352 e. The van der Waals surface area contributed by atoms with Crippen LogP contribution >= 0.6 is 0 Å². The number of carbonyl (C=O) groups excluding carboxylic acids is 1. The van der Waals surface area contributed by atoms with Gasteiger partial charge in [0, 0.05) is 19.0 Å². The van der Waals surface area contributed by atoms with Gasteiger partial charge in [-0.05, 0) is 31.7 Å². The van der Waals surface area contributed by atoms with Gasteiger partial charge in [0.05, 0.1) is 0 Å². The molecule has 16 heavy (non-hydrogen) atoms. The number of hydrogen-bond acceptors (Lipinski definition) is 2. The lowest BCUT2D eigenvalue weighted by Crippen LogP contribution is -2.36. The van der Waals surface area contributed by atoms with Crippen LogP contribution in [0.2, 0.25) is 0 Å². The molecule has 1 unspecified atom stereocenters. The van der Waals surface area contributed by atoms with Gasteiger partial charge in [-0.15, -0.1) is 0 Å². The van der Waals surface area contributed by atoms with Crippen LogP contribution in [0.5, 0.6) is 0 Å². The highest BCUT2D eigenvalue weighted by Crippen LogP contribution is 2.28. The highest BCUT2D eigenvalue weighted by atomic mass is 16.1. The SMILES string of the molecule is O=C(CCCC1CCCC1)NC1CCNC1. The van der Waals surface area contributed by atoms with Crippen LogP contribution in [0.25, 0.3) is 0 Å². The molecule has 1 aliphatic heterocycles. The van der Waals surface area contributed by atoms with E-state index in [9.17, 15) is 4.79 Å². The van der Waals surface area contributed by atoms with Crippen molar-refractivity contribution in [2.24, 2.45) is 5.92 Å². The zero-order valence-electron chi connectivity index (χ0n) is 10.1. The van der Waals surface area contributed by atoms with Crippen molar-refractivity contribution in [1.82, 2.24) is 10.6 Å². The highest BCUT2D eigenvalue weighted by molar-refractivity contribution is 5.76. The van der Waals surface area contributed by atoms with Crippen molar-refractivity contribution >= 4 is 5.91 Å². The first kappa shape index (κ1) is 11.9. The molecular weight excluding hydrogens is 200 g/mol. The minimum Gasteiger partial charge on any atom is -0.352 e. The van der Waals surface area contributed by atoms with Gasteiger partial charge in [-0.2, -0.15) is 0 Å². The van der Waals surface area contributed by atoms with Gasteiger partial charge >= 0.3 is 0 Å². The summed E-state index contributed by atoms with van der Waals surface area (Å²) in [5.74, 6) is 1.17. The summed E-state index contributed by atoms with van der Waals surface area (Å²) < 4.78 is 0. The third-order valence-electron chi connectivity index (χ3n) is 3.92. The Labute approximate surface area is 98.4 Å². The van der Waals surface area contributed by atoms with Gasteiger partial charge in [0.1, 0.15) is 0 Å². The maximum Gasteiger partial charge on any atom is 0.220 e. The molecule has 0 aromatic heterocycles. The third kappa shape index (κ3) is 3.78. The average Bonchev–Trinajstić information content (AvgIpc) is 2.90. The van der Waals surface area contributed by atoms with Crippen molar-refractivity contribution in [2.45, 2.75) is 57.4 Å². The van der Waals surface area contributed by atoms with Crippen LogP contribution in [-0.2, 0) is 4.79 Å². The van der Waals surface area contributed by atoms with Crippen LogP contribution in [0.4, 0.5) is 0 Å². The normalized spacial score (nSPS) is 26.1. The minimum atomic E-state index is 0.256. The Hall–Kier alpha value is -0.570. The quantitative estimate of drug-likeness (QED) is 0.748. The fourth-order valence-electron chi connectivity index (χ4n) is 2.93. The molecule has 1 atom stereocenters. The molecule has 1 saturated carbocycles. The third-order valence-corrected chi connectivity index (χ3v) is 3.92. The van der Waals surface area contributed by atoms with E-state index >= 15 is 0 Å². The van der Waals surface area contributed by atoms with Gasteiger partial charge in [-0.1, -0.05) is 25.7 Å². The Bertz CT molecular complexity index is 218. The lowest BCUT2D eigenvalue weighted by Gasteiger charge is -2.12. The summed E-state index contributed by atoms with van der Waals surface area (Å²) in [6.07, 6.45) is 9.77. The van der Waals surface area contributed by atoms with E-state index in [0.717, 1.165) is 38.3 Å². The van der Waals surface area contributed by atoms with Crippen molar-refractivity contribution in [1.29, 1.82) is 0 Å². The molecule has 2 N–H and O–H groups in total. The topological polar surface area (TPSA) is 41.1 Å². The molecule has 1 amide bonds. The standard InChI is InChI=1S/C13H24N2O/c16-13(15-12-8-9-14-10-12)7-3-6-11-4-1-2-5-11/h11-12,14H,1-10H2,(H,15,16). The smallest absolute Gasteiger partial charge is 0.220 e. The molecule has 2 aliphatic rings. The van der Waals surface area contributed by atoms with Gasteiger partial charge in [0.15, 0.2) is 0 Å². The van der Waals surface area contributed by atoms with Crippen molar-refractivity contribution in [3.05, 3.63) is 0 Å². The van der Waals surface area contributed by atoms with Crippen molar-refractivity contribution in [2.75, 3.05) is 13.1 Å². The van der Waals surface area contributed by atoms with Gasteiger partial charge in [0.25, 0.3) is 0 Å². The predicted molar refractivity (Wildman–Crippen MR) is 65.2 cm³/mol. The second-order valence-corrected chi connectivity index (χ2v) is 5.30. The summed E-state index contributed by atoms with van der Waals surface area (Å²) in [5, 5.41) is 6.37. The van der Waals surface area contributed by atoms with E-state index in [1.165, 1.54) is 32.1 Å². The highest BCUT2D eigenvalue weighted by Gasteiger charge is 2.17. The lowest BCUT2D eigenvalue weighted by atomic mass is 10.0. The van der Waals surface area contributed by atoms with Crippen LogP contribution < -0.4 is 10.6 Å². The van der Waals surface area contributed by atoms with E-state index in [-0.39, 0.29) is 5.91 Å². The number of rotatable bonds is 5. The fraction of sp³-hybridized carbons (Fsp3) is 0.923. The number of nitrogens with one attached hydrogen (secondary N) is 2. The van der Waals surface area contributed by atoms with E-state index in [2.05, 4.69) is 10.6 Å². The fourth-order valence-corrected chi connectivity index (χ4v) is 2.93. The molecule has 0 aromatic rings. The summed E-state index contributed by atoms with van der Waals surface area (Å²) in [5.41, 5.74) is 0. The zero-order valence-corrected chi connectivity index (χ0v) is 10.1. The second-order valence-electron chi connectivity index (χ2n) is 5.30. The Morgan fingerprint density at radius 3 is 2.75 bits per heavy atom. The molecule has 2 rings (SSSR count). The summed E-state index contributed by atoms with van der Waals surface area (Å²) in [6.45, 7) is 2.00. The molecule has 92 valence electrons. The van der Waals surface area contributed by atoms with E-state index < -0.39 is 0 Å². The van der Waals surface area contributed by atoms with Crippen LogP contribution in [0.15, 0.2) is 0 Å². The molecule has 1 aliphatic carbocycles. The number of carbonyl (C=O) groups is 1. The Morgan fingerprint density at radius 1 is 1.25 bits per heavy atom. The molecule has 1 heterocycles. The molecule has 0 radical (unpaired) electrons. The van der Waals surface area contributed by atoms with Gasteiger partial charge in [-0.25, -0.2) is 0 Å². The first-order chi connectivity index (χ1) is 7.84. The Morgan fingerprint density at radius 2 is 2.06 bits per heavy atom. The predicted octanol–water partition coefficient (Wildman–Crippen LogP) is 1.82. The van der Waals surface area contributed by atoms with Crippen LogP contribution in [-0.4, -0.2) is 25.0 Å². The monoisotopic (exact) mass is 224 g/mol. The molecule has 3 heteroatoms. The Kier molecular flexibility index (Phi) is 4.64. The number of amides is 1. The van der Waals surface area contributed by atoms with Gasteiger partial charge in [-0.3, -0.25) is 4.79 Å². The molecule has 1 saturated heterocycles. The van der Waals surface area contributed by atoms with Crippen LogP contribution in [0.1, 0.15) is 51.4 Å². The zero-order chi connectivity index (χ0) is 11.2. The first-order valence-electron chi connectivity index (χ1n) is 6.84. The molecule has 0 aromatic carbocycles. The van der Waals surface area contributed by atoms with Crippen molar-refractivity contribution in [3.8, 4) is 0 Å². The average molecular weight is 224 g/mol. The summed E-state index contributed by atoms with van der Waals surface area (Å²) >= 11 is 0. The second kappa shape index (κ2) is 6.24. The Balaban J connectivity index is 1.52. The molecule has 2 fully saturated rings. The van der Waals surface area contributed by atoms with E-state index in [0.29, 0.717) is 6.04 Å². The molecular formula is C13H24N2O. The molecule has 3 nitrogen and oxygen atoms in total. The summed E-state index contributed by atoms with van der Waals surface area (Å²) in [6, 6.07) is 0.388.